The van der Waals surface area contributed by atoms with Crippen molar-refractivity contribution in [2.45, 2.75) is 6.04 Å². The number of para-hydroxylation sites is 2. The molecule has 3 N–H and O–H groups in total. The number of anilines is 1. The number of nitrogens with one attached hydrogen (secondary N) is 1. The molecule has 0 heterocycles. The van der Waals surface area contributed by atoms with Crippen molar-refractivity contribution >= 4 is 5.69 Å². The first kappa shape index (κ1) is 14.2. The Kier molecular flexibility index (Phi) is 4.85. The van der Waals surface area contributed by atoms with Crippen LogP contribution in [0.25, 0.3) is 0 Å². The lowest BCUT2D eigenvalue weighted by atomic mass is 10.0. The van der Waals surface area contributed by atoms with Gasteiger partial charge in [0, 0.05) is 17.8 Å². The van der Waals surface area contributed by atoms with Gasteiger partial charge >= 0.3 is 0 Å². The molecule has 2 aromatic carbocycles. The Bertz CT molecular complexity index is 543. The third-order valence-electron chi connectivity index (χ3n) is 3.16. The van der Waals surface area contributed by atoms with E-state index in [1.807, 2.05) is 48.5 Å². The van der Waals surface area contributed by atoms with E-state index < -0.39 is 0 Å². The minimum atomic E-state index is -0.0394. The van der Waals surface area contributed by atoms with Crippen LogP contribution in [0.1, 0.15) is 11.6 Å². The van der Waals surface area contributed by atoms with Gasteiger partial charge in [-0.3, -0.25) is 0 Å². The fourth-order valence-corrected chi connectivity index (χ4v) is 2.19. The third kappa shape index (κ3) is 3.03. The minimum Gasteiger partial charge on any atom is -0.493 e. The Labute approximate surface area is 119 Å². The Morgan fingerprint density at radius 2 is 1.75 bits per heavy atom. The fraction of sp³-hybridized carbons (Fsp3) is 0.250. The van der Waals surface area contributed by atoms with Crippen molar-refractivity contribution in [3.05, 3.63) is 54.1 Å². The van der Waals surface area contributed by atoms with Crippen molar-refractivity contribution < 1.29 is 9.47 Å². The van der Waals surface area contributed by atoms with Crippen LogP contribution in [0, 0.1) is 0 Å². The third-order valence-corrected chi connectivity index (χ3v) is 3.16. The molecule has 0 fully saturated rings. The highest BCUT2D eigenvalue weighted by molar-refractivity contribution is 5.52. The maximum atomic E-state index is 5.91. The molecule has 0 amide bonds. The zero-order valence-electron chi connectivity index (χ0n) is 11.8. The van der Waals surface area contributed by atoms with Crippen molar-refractivity contribution in [1.29, 1.82) is 0 Å². The fourth-order valence-electron chi connectivity index (χ4n) is 2.19. The summed E-state index contributed by atoms with van der Waals surface area (Å²) in [7, 11) is 3.27. The van der Waals surface area contributed by atoms with Gasteiger partial charge in [-0.25, -0.2) is 0 Å². The van der Waals surface area contributed by atoms with Gasteiger partial charge in [-0.2, -0.15) is 0 Å². The molecule has 2 aromatic rings. The molecule has 0 radical (unpaired) electrons. The topological polar surface area (TPSA) is 56.5 Å². The van der Waals surface area contributed by atoms with Gasteiger partial charge in [0.05, 0.1) is 20.3 Å². The molecule has 0 aliphatic rings. The van der Waals surface area contributed by atoms with Gasteiger partial charge in [-0.15, -0.1) is 0 Å². The van der Waals surface area contributed by atoms with Crippen LogP contribution in [0.4, 0.5) is 5.69 Å². The summed E-state index contributed by atoms with van der Waals surface area (Å²) < 4.78 is 10.8. The first-order valence-corrected chi connectivity index (χ1v) is 6.52. The highest BCUT2D eigenvalue weighted by Gasteiger charge is 2.17. The Morgan fingerprint density at radius 3 is 2.35 bits per heavy atom. The van der Waals surface area contributed by atoms with E-state index >= 15 is 0 Å². The SMILES string of the molecule is COc1cccc(C(CN)Nc2ccccc2)c1OC. The molecule has 0 saturated heterocycles. The van der Waals surface area contributed by atoms with E-state index in [0.29, 0.717) is 18.0 Å². The average Bonchev–Trinajstić information content (AvgIpc) is 2.52. The van der Waals surface area contributed by atoms with Gasteiger partial charge in [-0.05, 0) is 18.2 Å². The molecule has 0 aliphatic carbocycles. The van der Waals surface area contributed by atoms with E-state index in [4.69, 9.17) is 15.2 Å². The van der Waals surface area contributed by atoms with E-state index in [0.717, 1.165) is 11.3 Å². The molecule has 0 aliphatic heterocycles. The normalized spacial score (nSPS) is 11.8. The molecule has 20 heavy (non-hydrogen) atoms. The predicted molar refractivity (Wildman–Crippen MR) is 81.4 cm³/mol. The van der Waals surface area contributed by atoms with Gasteiger partial charge in [0.2, 0.25) is 0 Å². The van der Waals surface area contributed by atoms with Gasteiger partial charge in [0.15, 0.2) is 11.5 Å². The molecule has 2 rings (SSSR count). The zero-order chi connectivity index (χ0) is 14.4. The number of benzene rings is 2. The van der Waals surface area contributed by atoms with E-state index in [-0.39, 0.29) is 6.04 Å². The summed E-state index contributed by atoms with van der Waals surface area (Å²) in [6.45, 7) is 0.457. The van der Waals surface area contributed by atoms with Crippen molar-refractivity contribution in [1.82, 2.24) is 0 Å². The first-order valence-electron chi connectivity index (χ1n) is 6.52. The van der Waals surface area contributed by atoms with Crippen molar-refractivity contribution in [3.63, 3.8) is 0 Å². The van der Waals surface area contributed by atoms with Gasteiger partial charge < -0.3 is 20.5 Å². The van der Waals surface area contributed by atoms with Crippen molar-refractivity contribution in [2.24, 2.45) is 5.73 Å². The monoisotopic (exact) mass is 272 g/mol. The molecule has 0 aromatic heterocycles. The summed E-state index contributed by atoms with van der Waals surface area (Å²) in [5.41, 5.74) is 7.91. The molecule has 0 spiro atoms. The van der Waals surface area contributed by atoms with Crippen LogP contribution in [-0.4, -0.2) is 20.8 Å². The molecule has 4 nitrogen and oxygen atoms in total. The smallest absolute Gasteiger partial charge is 0.166 e. The second-order valence-electron chi connectivity index (χ2n) is 4.38. The highest BCUT2D eigenvalue weighted by Crippen LogP contribution is 2.35. The number of rotatable bonds is 6. The summed E-state index contributed by atoms with van der Waals surface area (Å²) >= 11 is 0. The van der Waals surface area contributed by atoms with Crippen LogP contribution in [0.3, 0.4) is 0 Å². The van der Waals surface area contributed by atoms with Crippen LogP contribution in [0.15, 0.2) is 48.5 Å². The van der Waals surface area contributed by atoms with Gasteiger partial charge in [0.1, 0.15) is 0 Å². The second kappa shape index (κ2) is 6.82. The number of ether oxygens (including phenoxy) is 2. The summed E-state index contributed by atoms with van der Waals surface area (Å²) in [4.78, 5) is 0. The maximum Gasteiger partial charge on any atom is 0.166 e. The number of methoxy groups -OCH3 is 2. The lowest BCUT2D eigenvalue weighted by Crippen LogP contribution is -2.21. The molecule has 0 saturated carbocycles. The standard InChI is InChI=1S/C16H20N2O2/c1-19-15-10-6-9-13(16(15)20-2)14(11-17)18-12-7-4-3-5-8-12/h3-10,14,18H,11,17H2,1-2H3. The molecule has 1 atom stereocenters. The van der Waals surface area contributed by atoms with Crippen LogP contribution < -0.4 is 20.5 Å². The Hall–Kier alpha value is -2.20. The lowest BCUT2D eigenvalue weighted by molar-refractivity contribution is 0.350. The predicted octanol–water partition coefficient (Wildman–Crippen LogP) is 2.82. The molecule has 0 bridgehead atoms. The van der Waals surface area contributed by atoms with E-state index in [1.54, 1.807) is 14.2 Å². The Morgan fingerprint density at radius 1 is 1.00 bits per heavy atom. The molecular formula is C16H20N2O2. The van der Waals surface area contributed by atoms with Crippen molar-refractivity contribution in [2.75, 3.05) is 26.1 Å². The van der Waals surface area contributed by atoms with E-state index in [2.05, 4.69) is 5.32 Å². The minimum absolute atomic E-state index is 0.0394. The molecule has 4 heteroatoms. The summed E-state index contributed by atoms with van der Waals surface area (Å²) in [5, 5.41) is 3.41. The van der Waals surface area contributed by atoms with Crippen LogP contribution in [0.2, 0.25) is 0 Å². The summed E-state index contributed by atoms with van der Waals surface area (Å²) in [5.74, 6) is 1.42. The van der Waals surface area contributed by atoms with Crippen molar-refractivity contribution in [3.8, 4) is 11.5 Å². The van der Waals surface area contributed by atoms with Crippen LogP contribution in [-0.2, 0) is 0 Å². The van der Waals surface area contributed by atoms with Gasteiger partial charge in [0.25, 0.3) is 0 Å². The zero-order valence-corrected chi connectivity index (χ0v) is 11.8. The number of nitrogens with two attached hydrogens (primary N) is 1. The highest BCUT2D eigenvalue weighted by atomic mass is 16.5. The van der Waals surface area contributed by atoms with E-state index in [9.17, 15) is 0 Å². The van der Waals surface area contributed by atoms with Crippen LogP contribution >= 0.6 is 0 Å². The largest absolute Gasteiger partial charge is 0.493 e. The van der Waals surface area contributed by atoms with E-state index in [1.165, 1.54) is 0 Å². The second-order valence-corrected chi connectivity index (χ2v) is 4.38. The summed E-state index contributed by atoms with van der Waals surface area (Å²) in [6.07, 6.45) is 0. The molecule has 106 valence electrons. The Balaban J connectivity index is 2.32. The molecule has 1 unspecified atom stereocenters. The maximum absolute atomic E-state index is 5.91. The van der Waals surface area contributed by atoms with Crippen LogP contribution in [0.5, 0.6) is 11.5 Å². The summed E-state index contributed by atoms with van der Waals surface area (Å²) in [6, 6.07) is 15.7. The molecular weight excluding hydrogens is 252 g/mol. The van der Waals surface area contributed by atoms with Gasteiger partial charge in [-0.1, -0.05) is 30.3 Å². The number of hydrogen-bond acceptors (Lipinski definition) is 4. The first-order chi connectivity index (χ1) is 9.80. The number of hydrogen-bond donors (Lipinski definition) is 2. The quantitative estimate of drug-likeness (QED) is 0.849. The lowest BCUT2D eigenvalue weighted by Gasteiger charge is -2.22. The average molecular weight is 272 g/mol.